The number of amides is 3. The minimum atomic E-state index is -1.34. The van der Waals surface area contributed by atoms with Crippen molar-refractivity contribution in [2.24, 2.45) is 5.73 Å². The maximum Gasteiger partial charge on any atom is 0.269 e. The van der Waals surface area contributed by atoms with E-state index in [1.54, 1.807) is 36.7 Å². The number of alkyl halides is 1. The van der Waals surface area contributed by atoms with Crippen LogP contribution >= 0.6 is 11.3 Å². The van der Waals surface area contributed by atoms with Crippen LogP contribution in [0.2, 0.25) is 0 Å². The zero-order valence-corrected chi connectivity index (χ0v) is 21.8. The summed E-state index contributed by atoms with van der Waals surface area (Å²) < 4.78 is 16.8. The summed E-state index contributed by atoms with van der Waals surface area (Å²) in [6, 6.07) is 13.7. The van der Waals surface area contributed by atoms with Crippen molar-refractivity contribution in [3.8, 4) is 11.1 Å². The lowest BCUT2D eigenvalue weighted by atomic mass is 10.0. The molecule has 11 nitrogen and oxygen atoms in total. The molecule has 3 amide bonds. The van der Waals surface area contributed by atoms with Crippen LogP contribution in [0.4, 0.5) is 4.39 Å². The van der Waals surface area contributed by atoms with Gasteiger partial charge >= 0.3 is 0 Å². The number of primary amides is 1. The van der Waals surface area contributed by atoms with E-state index in [-0.39, 0.29) is 31.7 Å². The summed E-state index contributed by atoms with van der Waals surface area (Å²) in [5.74, 6) is -1.70. The fourth-order valence-electron chi connectivity index (χ4n) is 4.93. The van der Waals surface area contributed by atoms with Crippen LogP contribution in [0, 0.1) is 0 Å². The summed E-state index contributed by atoms with van der Waals surface area (Å²) in [5, 5.41) is 15.9. The molecule has 1 fully saturated rings. The van der Waals surface area contributed by atoms with Gasteiger partial charge in [0.25, 0.3) is 5.91 Å². The Balaban J connectivity index is 1.21. The summed E-state index contributed by atoms with van der Waals surface area (Å²) in [7, 11) is 0. The van der Waals surface area contributed by atoms with E-state index in [0.29, 0.717) is 15.9 Å². The Labute approximate surface area is 230 Å². The minimum absolute atomic E-state index is 0.00147. The van der Waals surface area contributed by atoms with Crippen LogP contribution in [-0.4, -0.2) is 66.3 Å². The molecule has 0 radical (unpaired) electrons. The lowest BCUT2D eigenvalue weighted by Crippen LogP contribution is -2.46. The van der Waals surface area contributed by atoms with Crippen molar-refractivity contribution in [1.29, 1.82) is 0 Å². The van der Waals surface area contributed by atoms with Gasteiger partial charge in [-0.3, -0.25) is 19.1 Å². The molecule has 1 unspecified atom stereocenters. The summed E-state index contributed by atoms with van der Waals surface area (Å²) in [6.45, 7) is -0.331. The van der Waals surface area contributed by atoms with Gasteiger partial charge in [0.05, 0.1) is 41.2 Å². The molecule has 3 aromatic heterocycles. The second-order valence-electron chi connectivity index (χ2n) is 9.42. The Kier molecular flexibility index (Phi) is 6.64. The Morgan fingerprint density at radius 3 is 2.73 bits per heavy atom. The molecule has 0 bridgehead atoms. The predicted octanol–water partition coefficient (Wildman–Crippen LogP) is 2.46. The van der Waals surface area contributed by atoms with Gasteiger partial charge in [0.2, 0.25) is 11.8 Å². The zero-order valence-electron chi connectivity index (χ0n) is 21.0. The van der Waals surface area contributed by atoms with Gasteiger partial charge in [-0.2, -0.15) is 15.3 Å². The highest BCUT2D eigenvalue weighted by Gasteiger charge is 2.40. The fourth-order valence-corrected chi connectivity index (χ4v) is 5.83. The quantitative estimate of drug-likeness (QED) is 0.312. The summed E-state index contributed by atoms with van der Waals surface area (Å²) in [5.41, 5.74) is 8.47. The number of nitrogens with one attached hydrogen (secondary N) is 1. The standard InChI is InChI=1S/C27H23FN8O3S/c28-17-10-21(27(39)30-12-23-33-19-3-1-2-4-22(19)40-23)35(13-17)24(37)14-36-20-6-5-15(16-7-8-31-32-11-16)9-18(20)25(34-36)26(29)38/h1-9,11,17,21H,10,12-14H2,(H2,29,38)(H,30,39)/t17-,21?/m1/s1. The highest BCUT2D eigenvalue weighted by molar-refractivity contribution is 7.18. The summed E-state index contributed by atoms with van der Waals surface area (Å²) >= 11 is 1.46. The molecule has 4 heterocycles. The van der Waals surface area contributed by atoms with Crippen LogP contribution in [0.1, 0.15) is 21.9 Å². The molecule has 6 rings (SSSR count). The lowest BCUT2D eigenvalue weighted by molar-refractivity contribution is -0.139. The van der Waals surface area contributed by atoms with Gasteiger partial charge in [-0.25, -0.2) is 9.37 Å². The van der Waals surface area contributed by atoms with Crippen molar-refractivity contribution in [2.45, 2.75) is 31.7 Å². The molecule has 40 heavy (non-hydrogen) atoms. The number of nitrogens with zero attached hydrogens (tertiary/aromatic N) is 6. The van der Waals surface area contributed by atoms with Crippen molar-refractivity contribution >= 4 is 50.2 Å². The number of likely N-dealkylation sites (tertiary alicyclic amines) is 1. The van der Waals surface area contributed by atoms with Gasteiger partial charge in [-0.15, -0.1) is 11.3 Å². The van der Waals surface area contributed by atoms with Crippen molar-refractivity contribution in [1.82, 2.24) is 35.2 Å². The number of fused-ring (bicyclic) bond motifs is 2. The van der Waals surface area contributed by atoms with Crippen LogP contribution < -0.4 is 11.1 Å². The van der Waals surface area contributed by atoms with Gasteiger partial charge in [-0.05, 0) is 35.9 Å². The summed E-state index contributed by atoms with van der Waals surface area (Å²) in [4.78, 5) is 44.3. The Morgan fingerprint density at radius 2 is 1.95 bits per heavy atom. The van der Waals surface area contributed by atoms with Gasteiger partial charge in [-0.1, -0.05) is 18.2 Å². The molecular formula is C27H23FN8O3S. The Morgan fingerprint density at radius 1 is 1.10 bits per heavy atom. The molecule has 0 aliphatic carbocycles. The number of benzene rings is 2. The van der Waals surface area contributed by atoms with Gasteiger partial charge < -0.3 is 16.0 Å². The maximum absolute atomic E-state index is 14.5. The number of aromatic nitrogens is 5. The fraction of sp³-hybridized carbons (Fsp3) is 0.222. The molecule has 1 aliphatic heterocycles. The molecule has 3 N–H and O–H groups in total. The summed E-state index contributed by atoms with van der Waals surface area (Å²) in [6.07, 6.45) is 1.69. The van der Waals surface area contributed by atoms with E-state index in [0.717, 1.165) is 21.3 Å². The molecule has 2 atom stereocenters. The lowest BCUT2D eigenvalue weighted by Gasteiger charge is -2.23. The van der Waals surface area contributed by atoms with E-state index in [2.05, 4.69) is 25.6 Å². The average Bonchev–Trinajstić information content (AvgIpc) is 3.66. The number of rotatable bonds is 7. The Bertz CT molecular complexity index is 1720. The van der Waals surface area contributed by atoms with E-state index in [1.807, 2.05) is 24.3 Å². The zero-order chi connectivity index (χ0) is 27.8. The number of para-hydroxylation sites is 1. The molecule has 1 aliphatic rings. The third kappa shape index (κ3) is 4.86. The third-order valence-corrected chi connectivity index (χ3v) is 7.85. The topological polar surface area (TPSA) is 149 Å². The van der Waals surface area contributed by atoms with Crippen LogP contribution in [0.25, 0.3) is 32.2 Å². The van der Waals surface area contributed by atoms with Gasteiger partial charge in [0.1, 0.15) is 23.8 Å². The van der Waals surface area contributed by atoms with Gasteiger partial charge in [0, 0.05) is 17.4 Å². The number of carbonyl (C=O) groups excluding carboxylic acids is 3. The molecule has 0 spiro atoms. The van der Waals surface area contributed by atoms with Crippen molar-refractivity contribution in [3.63, 3.8) is 0 Å². The van der Waals surface area contributed by atoms with E-state index in [4.69, 9.17) is 5.73 Å². The number of halogens is 1. The number of hydrogen-bond acceptors (Lipinski definition) is 8. The van der Waals surface area contributed by atoms with E-state index < -0.39 is 29.9 Å². The largest absolute Gasteiger partial charge is 0.364 e. The molecule has 2 aromatic carbocycles. The first-order chi connectivity index (χ1) is 19.4. The third-order valence-electron chi connectivity index (χ3n) is 6.81. The monoisotopic (exact) mass is 558 g/mol. The smallest absolute Gasteiger partial charge is 0.269 e. The molecule has 13 heteroatoms. The second-order valence-corrected chi connectivity index (χ2v) is 10.5. The number of nitrogens with two attached hydrogens (primary N) is 1. The molecule has 0 saturated carbocycles. The molecule has 1 saturated heterocycles. The SMILES string of the molecule is NC(=O)c1nn(CC(=O)N2C[C@H](F)CC2C(=O)NCc2nc3ccccc3s2)c2ccc(-c3ccnnc3)cc12. The van der Waals surface area contributed by atoms with E-state index in [9.17, 15) is 18.8 Å². The van der Waals surface area contributed by atoms with Crippen LogP contribution in [0.3, 0.4) is 0 Å². The van der Waals surface area contributed by atoms with Crippen LogP contribution in [-0.2, 0) is 22.7 Å². The van der Waals surface area contributed by atoms with Crippen molar-refractivity contribution in [3.05, 3.63) is 71.6 Å². The maximum atomic E-state index is 14.5. The van der Waals surface area contributed by atoms with Gasteiger partial charge in [0.15, 0.2) is 5.69 Å². The first kappa shape index (κ1) is 25.5. The van der Waals surface area contributed by atoms with Crippen molar-refractivity contribution in [2.75, 3.05) is 6.54 Å². The highest BCUT2D eigenvalue weighted by Crippen LogP contribution is 2.27. The first-order valence-electron chi connectivity index (χ1n) is 12.5. The Hall–Kier alpha value is -4.78. The highest BCUT2D eigenvalue weighted by atomic mass is 32.1. The molecule has 5 aromatic rings. The van der Waals surface area contributed by atoms with E-state index >= 15 is 0 Å². The number of thiazole rings is 1. The van der Waals surface area contributed by atoms with E-state index in [1.165, 1.54) is 20.9 Å². The van der Waals surface area contributed by atoms with Crippen LogP contribution in [0.15, 0.2) is 60.9 Å². The molecule has 202 valence electrons. The second kappa shape index (κ2) is 10.4. The number of carbonyl (C=O) groups is 3. The first-order valence-corrected chi connectivity index (χ1v) is 13.3. The minimum Gasteiger partial charge on any atom is -0.364 e. The van der Waals surface area contributed by atoms with Crippen molar-refractivity contribution < 1.29 is 18.8 Å². The number of hydrogen-bond donors (Lipinski definition) is 2. The predicted molar refractivity (Wildman–Crippen MR) is 146 cm³/mol. The normalized spacial score (nSPS) is 17.0. The molecular weight excluding hydrogens is 535 g/mol. The van der Waals surface area contributed by atoms with Crippen LogP contribution in [0.5, 0.6) is 0 Å². The average molecular weight is 559 g/mol.